The van der Waals surface area contributed by atoms with Gasteiger partial charge in [0.15, 0.2) is 5.96 Å². The third kappa shape index (κ3) is 5.55. The Kier molecular flexibility index (Phi) is 7.73. The maximum atomic E-state index is 5.89. The summed E-state index contributed by atoms with van der Waals surface area (Å²) in [5.74, 6) is 1.25. The standard InChI is InChI=1S/C17H21N3O.HI/c1-3-13-4-8-15(9-5-13)20-17(18)19-12-14-6-10-16(21-2)11-7-14;/h4-11H,3,12H2,1-2H3,(H3,18,19,20);1H. The Morgan fingerprint density at radius 1 is 1.05 bits per heavy atom. The third-order valence-corrected chi connectivity index (χ3v) is 3.23. The highest BCUT2D eigenvalue weighted by Crippen LogP contribution is 2.12. The number of guanidine groups is 1. The number of aryl methyl sites for hydroxylation is 1. The summed E-state index contributed by atoms with van der Waals surface area (Å²) >= 11 is 0. The number of anilines is 1. The van der Waals surface area contributed by atoms with Crippen molar-refractivity contribution < 1.29 is 4.74 Å². The van der Waals surface area contributed by atoms with Crippen LogP contribution in [0.1, 0.15) is 18.1 Å². The highest BCUT2D eigenvalue weighted by atomic mass is 127. The van der Waals surface area contributed by atoms with Crippen molar-refractivity contribution >= 4 is 35.6 Å². The number of rotatable bonds is 5. The number of nitrogens with two attached hydrogens (primary N) is 1. The summed E-state index contributed by atoms with van der Waals surface area (Å²) in [6.07, 6.45) is 1.03. The Morgan fingerprint density at radius 2 is 1.64 bits per heavy atom. The molecule has 0 aliphatic carbocycles. The van der Waals surface area contributed by atoms with Crippen LogP contribution in [0.2, 0.25) is 0 Å². The lowest BCUT2D eigenvalue weighted by molar-refractivity contribution is 0.414. The van der Waals surface area contributed by atoms with Crippen LogP contribution in [0.25, 0.3) is 0 Å². The Morgan fingerprint density at radius 3 is 2.18 bits per heavy atom. The van der Waals surface area contributed by atoms with E-state index in [4.69, 9.17) is 10.5 Å². The van der Waals surface area contributed by atoms with Crippen LogP contribution in [0.3, 0.4) is 0 Å². The van der Waals surface area contributed by atoms with Gasteiger partial charge >= 0.3 is 0 Å². The zero-order chi connectivity index (χ0) is 15.1. The van der Waals surface area contributed by atoms with Gasteiger partial charge in [-0.2, -0.15) is 0 Å². The van der Waals surface area contributed by atoms with Crippen LogP contribution >= 0.6 is 24.0 Å². The molecule has 0 radical (unpaired) electrons. The largest absolute Gasteiger partial charge is 0.497 e. The van der Waals surface area contributed by atoms with Gasteiger partial charge in [-0.15, -0.1) is 24.0 Å². The number of halogens is 1. The summed E-state index contributed by atoms with van der Waals surface area (Å²) in [5, 5.41) is 3.09. The van der Waals surface area contributed by atoms with Crippen LogP contribution in [0, 0.1) is 0 Å². The smallest absolute Gasteiger partial charge is 0.193 e. The average molecular weight is 411 g/mol. The molecule has 2 rings (SSSR count). The molecule has 2 aromatic carbocycles. The number of methoxy groups -OCH3 is 1. The molecule has 5 heteroatoms. The second-order valence-corrected chi connectivity index (χ2v) is 4.73. The van der Waals surface area contributed by atoms with E-state index in [0.717, 1.165) is 23.4 Å². The molecule has 0 heterocycles. The molecular formula is C17H22IN3O. The first-order chi connectivity index (χ1) is 10.2. The van der Waals surface area contributed by atoms with Gasteiger partial charge in [-0.1, -0.05) is 31.2 Å². The predicted molar refractivity (Wildman–Crippen MR) is 103 cm³/mol. The molecular weight excluding hydrogens is 389 g/mol. The molecule has 0 aliphatic rings. The van der Waals surface area contributed by atoms with Crippen LogP contribution in [0.5, 0.6) is 5.75 Å². The quantitative estimate of drug-likeness (QED) is 0.447. The average Bonchev–Trinajstić information content (AvgIpc) is 2.54. The first kappa shape index (κ1) is 18.3. The van der Waals surface area contributed by atoms with Gasteiger partial charge in [0.05, 0.1) is 13.7 Å². The SMILES string of the molecule is CCc1ccc(NC(N)=NCc2ccc(OC)cc2)cc1.I. The first-order valence-corrected chi connectivity index (χ1v) is 7.00. The lowest BCUT2D eigenvalue weighted by Crippen LogP contribution is -2.22. The van der Waals surface area contributed by atoms with E-state index in [0.29, 0.717) is 12.5 Å². The molecule has 0 amide bonds. The van der Waals surface area contributed by atoms with Gasteiger partial charge in [0.1, 0.15) is 5.75 Å². The molecule has 0 spiro atoms. The number of ether oxygens (including phenoxy) is 1. The van der Waals surface area contributed by atoms with E-state index in [1.807, 2.05) is 36.4 Å². The number of nitrogens with zero attached hydrogens (tertiary/aromatic N) is 1. The third-order valence-electron chi connectivity index (χ3n) is 3.23. The summed E-state index contributed by atoms with van der Waals surface area (Å²) in [5.41, 5.74) is 9.23. The van der Waals surface area contributed by atoms with Gasteiger partial charge in [0.25, 0.3) is 0 Å². The number of hydrogen-bond acceptors (Lipinski definition) is 2. The molecule has 0 aliphatic heterocycles. The zero-order valence-corrected chi connectivity index (χ0v) is 15.2. The van der Waals surface area contributed by atoms with E-state index in [2.05, 4.69) is 29.4 Å². The van der Waals surface area contributed by atoms with Crippen molar-refractivity contribution in [2.45, 2.75) is 19.9 Å². The van der Waals surface area contributed by atoms with Crippen molar-refractivity contribution in [2.24, 2.45) is 10.7 Å². The Labute approximate surface area is 148 Å². The summed E-state index contributed by atoms with van der Waals surface area (Å²) < 4.78 is 5.12. The number of aliphatic imine (C=N–C) groups is 1. The molecule has 22 heavy (non-hydrogen) atoms. The minimum atomic E-state index is 0. The number of benzene rings is 2. The van der Waals surface area contributed by atoms with Crippen molar-refractivity contribution in [1.29, 1.82) is 0 Å². The van der Waals surface area contributed by atoms with Gasteiger partial charge in [-0.05, 0) is 41.8 Å². The van der Waals surface area contributed by atoms with Crippen LogP contribution in [0.4, 0.5) is 5.69 Å². The number of nitrogens with one attached hydrogen (secondary N) is 1. The minimum Gasteiger partial charge on any atom is -0.497 e. The Bertz CT molecular complexity index is 594. The molecule has 2 aromatic rings. The van der Waals surface area contributed by atoms with Gasteiger partial charge in [-0.3, -0.25) is 0 Å². The topological polar surface area (TPSA) is 59.6 Å². The van der Waals surface area contributed by atoms with Crippen molar-refractivity contribution in [3.8, 4) is 5.75 Å². The summed E-state index contributed by atoms with van der Waals surface area (Å²) in [6, 6.07) is 16.0. The van der Waals surface area contributed by atoms with Gasteiger partial charge in [-0.25, -0.2) is 4.99 Å². The van der Waals surface area contributed by atoms with Crippen molar-refractivity contribution in [3.05, 3.63) is 59.7 Å². The molecule has 0 atom stereocenters. The fraction of sp³-hybridized carbons (Fsp3) is 0.235. The monoisotopic (exact) mass is 411 g/mol. The van der Waals surface area contributed by atoms with Crippen molar-refractivity contribution in [3.63, 3.8) is 0 Å². The molecule has 0 unspecified atom stereocenters. The van der Waals surface area contributed by atoms with E-state index in [1.165, 1.54) is 5.56 Å². The minimum absolute atomic E-state index is 0. The van der Waals surface area contributed by atoms with Crippen LogP contribution in [-0.2, 0) is 13.0 Å². The van der Waals surface area contributed by atoms with Gasteiger partial charge in [0, 0.05) is 5.69 Å². The zero-order valence-electron chi connectivity index (χ0n) is 12.9. The van der Waals surface area contributed by atoms with E-state index >= 15 is 0 Å². The van der Waals surface area contributed by atoms with Gasteiger partial charge < -0.3 is 15.8 Å². The molecule has 4 nitrogen and oxygen atoms in total. The van der Waals surface area contributed by atoms with Crippen molar-refractivity contribution in [2.75, 3.05) is 12.4 Å². The van der Waals surface area contributed by atoms with Crippen LogP contribution in [0.15, 0.2) is 53.5 Å². The van der Waals surface area contributed by atoms with Crippen LogP contribution < -0.4 is 15.8 Å². The lowest BCUT2D eigenvalue weighted by Gasteiger charge is -2.07. The van der Waals surface area contributed by atoms with E-state index < -0.39 is 0 Å². The van der Waals surface area contributed by atoms with Gasteiger partial charge in [0.2, 0.25) is 0 Å². The van der Waals surface area contributed by atoms with Crippen molar-refractivity contribution in [1.82, 2.24) is 0 Å². The second-order valence-electron chi connectivity index (χ2n) is 4.73. The molecule has 0 saturated carbocycles. The number of hydrogen-bond donors (Lipinski definition) is 2. The highest BCUT2D eigenvalue weighted by molar-refractivity contribution is 14.0. The van der Waals surface area contributed by atoms with E-state index in [1.54, 1.807) is 7.11 Å². The summed E-state index contributed by atoms with van der Waals surface area (Å²) in [6.45, 7) is 2.67. The summed E-state index contributed by atoms with van der Waals surface area (Å²) in [7, 11) is 1.65. The normalized spacial score (nSPS) is 10.7. The molecule has 0 aromatic heterocycles. The Hall–Kier alpha value is -1.76. The van der Waals surface area contributed by atoms with Crippen LogP contribution in [-0.4, -0.2) is 13.1 Å². The van der Waals surface area contributed by atoms with E-state index in [9.17, 15) is 0 Å². The fourth-order valence-corrected chi connectivity index (χ4v) is 1.92. The molecule has 0 saturated heterocycles. The molecule has 118 valence electrons. The predicted octanol–water partition coefficient (Wildman–Crippen LogP) is 3.80. The summed E-state index contributed by atoms with van der Waals surface area (Å²) in [4.78, 5) is 4.33. The molecule has 0 bridgehead atoms. The lowest BCUT2D eigenvalue weighted by atomic mass is 10.1. The maximum Gasteiger partial charge on any atom is 0.193 e. The second kappa shape index (κ2) is 9.30. The first-order valence-electron chi connectivity index (χ1n) is 7.00. The fourth-order valence-electron chi connectivity index (χ4n) is 1.92. The molecule has 0 fully saturated rings. The van der Waals surface area contributed by atoms with E-state index in [-0.39, 0.29) is 24.0 Å². The highest BCUT2D eigenvalue weighted by Gasteiger charge is 1.97. The Balaban J connectivity index is 0.00000242. The molecule has 3 N–H and O–H groups in total. The maximum absolute atomic E-state index is 5.89.